The first-order valence-corrected chi connectivity index (χ1v) is 12.6. The molecule has 9 heteroatoms. The molecule has 3 amide bonds. The number of anilines is 1. The van der Waals surface area contributed by atoms with E-state index in [9.17, 15) is 14.4 Å². The molecule has 0 bridgehead atoms. The second kappa shape index (κ2) is 11.4. The Hall–Kier alpha value is -3.69. The summed E-state index contributed by atoms with van der Waals surface area (Å²) in [7, 11) is 3.86. The largest absolute Gasteiger partial charge is 0.438 e. The molecule has 8 nitrogen and oxygen atoms in total. The van der Waals surface area contributed by atoms with Gasteiger partial charge in [0, 0.05) is 18.8 Å². The summed E-state index contributed by atoms with van der Waals surface area (Å²) in [6, 6.07) is 17.6. The number of nitrogens with zero attached hydrogens (tertiary/aromatic N) is 2. The zero-order valence-corrected chi connectivity index (χ0v) is 21.4. The molecule has 1 saturated heterocycles. The Bertz CT molecular complexity index is 1210. The highest BCUT2D eigenvalue weighted by molar-refractivity contribution is 7.12. The van der Waals surface area contributed by atoms with Crippen LogP contribution in [0.4, 0.5) is 10.5 Å². The Labute approximate surface area is 214 Å². The Morgan fingerprint density at radius 2 is 1.86 bits per heavy atom. The predicted molar refractivity (Wildman–Crippen MR) is 140 cm³/mol. The van der Waals surface area contributed by atoms with Crippen molar-refractivity contribution in [3.63, 3.8) is 0 Å². The number of likely N-dealkylation sites (N-methyl/N-ethyl adjacent to an activating group) is 1. The highest BCUT2D eigenvalue weighted by Crippen LogP contribution is 2.34. The van der Waals surface area contributed by atoms with Crippen molar-refractivity contribution in [3.8, 4) is 0 Å². The summed E-state index contributed by atoms with van der Waals surface area (Å²) < 4.78 is 5.73. The van der Waals surface area contributed by atoms with Crippen LogP contribution in [0.15, 0.2) is 66.0 Å². The molecular formula is C27H30N4O4S. The number of ether oxygens (including phenoxy) is 1. The fourth-order valence-electron chi connectivity index (χ4n) is 4.08. The Morgan fingerprint density at radius 3 is 2.53 bits per heavy atom. The molecule has 2 aromatic carbocycles. The highest BCUT2D eigenvalue weighted by Gasteiger charge is 2.46. The summed E-state index contributed by atoms with van der Waals surface area (Å²) in [5, 5.41) is 7.65. The molecule has 1 aromatic heterocycles. The lowest BCUT2D eigenvalue weighted by Crippen LogP contribution is -2.47. The number of cyclic esters (lactones) is 1. The first-order chi connectivity index (χ1) is 17.3. The maximum atomic E-state index is 13.3. The van der Waals surface area contributed by atoms with Crippen molar-refractivity contribution in [2.24, 2.45) is 0 Å². The first-order valence-electron chi connectivity index (χ1n) is 11.7. The lowest BCUT2D eigenvalue weighted by atomic mass is 10.00. The van der Waals surface area contributed by atoms with Crippen LogP contribution in [0.25, 0.3) is 0 Å². The molecule has 4 rings (SSSR count). The van der Waals surface area contributed by atoms with Crippen LogP contribution in [0.3, 0.4) is 0 Å². The lowest BCUT2D eigenvalue weighted by molar-refractivity contribution is -0.126. The zero-order valence-electron chi connectivity index (χ0n) is 20.6. The van der Waals surface area contributed by atoms with Crippen LogP contribution in [0.2, 0.25) is 0 Å². The van der Waals surface area contributed by atoms with E-state index in [0.29, 0.717) is 29.2 Å². The Kier molecular flexibility index (Phi) is 8.02. The van der Waals surface area contributed by atoms with Crippen LogP contribution in [0, 0.1) is 6.92 Å². The van der Waals surface area contributed by atoms with E-state index >= 15 is 0 Å². The van der Waals surface area contributed by atoms with Gasteiger partial charge in [-0.2, -0.15) is 0 Å². The van der Waals surface area contributed by atoms with E-state index in [-0.39, 0.29) is 18.4 Å². The van der Waals surface area contributed by atoms with E-state index in [1.165, 1.54) is 16.2 Å². The van der Waals surface area contributed by atoms with E-state index in [1.807, 2.05) is 61.6 Å². The minimum absolute atomic E-state index is 0.187. The molecule has 0 radical (unpaired) electrons. The van der Waals surface area contributed by atoms with Crippen LogP contribution in [0.5, 0.6) is 0 Å². The van der Waals surface area contributed by atoms with Crippen molar-refractivity contribution in [2.45, 2.75) is 25.6 Å². The summed E-state index contributed by atoms with van der Waals surface area (Å²) in [6.07, 6.45) is -1.31. The highest BCUT2D eigenvalue weighted by atomic mass is 32.1. The predicted octanol–water partition coefficient (Wildman–Crippen LogP) is 4.05. The second-order valence-electron chi connectivity index (χ2n) is 9.01. The number of carbonyl (C=O) groups is 3. The fraction of sp³-hybridized carbons (Fsp3) is 0.296. The van der Waals surface area contributed by atoms with Crippen LogP contribution >= 0.6 is 11.3 Å². The molecule has 2 heterocycles. The third-order valence-electron chi connectivity index (χ3n) is 5.89. The summed E-state index contributed by atoms with van der Waals surface area (Å²) in [5.74, 6) is -0.456. The van der Waals surface area contributed by atoms with Crippen molar-refractivity contribution in [1.82, 2.24) is 15.1 Å². The average Bonchev–Trinajstić information content (AvgIpc) is 3.48. The number of hydrogen-bond donors (Lipinski definition) is 2. The van der Waals surface area contributed by atoms with Gasteiger partial charge in [-0.25, -0.2) is 4.79 Å². The third-order valence-corrected chi connectivity index (χ3v) is 6.76. The van der Waals surface area contributed by atoms with Gasteiger partial charge in [0.25, 0.3) is 5.91 Å². The van der Waals surface area contributed by atoms with Crippen molar-refractivity contribution in [2.75, 3.05) is 32.5 Å². The summed E-state index contributed by atoms with van der Waals surface area (Å²) in [5.41, 5.74) is 3.29. The van der Waals surface area contributed by atoms with Crippen LogP contribution in [-0.4, -0.2) is 60.9 Å². The standard InChI is InChI=1S/C27H30N4O4S/c1-18-6-4-7-19(16-18)17-31-23(26(33)28-13-14-30(2)3)24(35-27(31)34)20-9-11-21(12-10-20)29-25(32)22-8-5-15-36-22/h4-12,15-16,23-24H,13-14,17H2,1-3H3,(H,28,33)(H,29,32). The van der Waals surface area contributed by atoms with Gasteiger partial charge in [0.15, 0.2) is 12.1 Å². The molecule has 2 N–H and O–H groups in total. The topological polar surface area (TPSA) is 91.0 Å². The second-order valence-corrected chi connectivity index (χ2v) is 9.96. The van der Waals surface area contributed by atoms with Crippen molar-refractivity contribution >= 4 is 34.9 Å². The van der Waals surface area contributed by atoms with Gasteiger partial charge in [-0.05, 0) is 55.7 Å². The zero-order chi connectivity index (χ0) is 25.7. The fourth-order valence-corrected chi connectivity index (χ4v) is 4.70. The normalized spacial score (nSPS) is 17.2. The summed E-state index contributed by atoms with van der Waals surface area (Å²) >= 11 is 1.36. The van der Waals surface area contributed by atoms with Crippen LogP contribution < -0.4 is 10.6 Å². The van der Waals surface area contributed by atoms with E-state index in [4.69, 9.17) is 4.74 Å². The molecule has 1 aliphatic heterocycles. The maximum absolute atomic E-state index is 13.3. The van der Waals surface area contributed by atoms with Crippen molar-refractivity contribution < 1.29 is 19.1 Å². The van der Waals surface area contributed by atoms with E-state index in [0.717, 1.165) is 11.1 Å². The third kappa shape index (κ3) is 6.10. The van der Waals surface area contributed by atoms with Crippen molar-refractivity contribution in [1.29, 1.82) is 0 Å². The molecular weight excluding hydrogens is 476 g/mol. The van der Waals surface area contributed by atoms with Crippen LogP contribution in [0.1, 0.15) is 32.5 Å². The number of aryl methyl sites for hydroxylation is 1. The minimum Gasteiger partial charge on any atom is -0.438 e. The number of benzene rings is 2. The summed E-state index contributed by atoms with van der Waals surface area (Å²) in [4.78, 5) is 42.7. The van der Waals surface area contributed by atoms with Gasteiger partial charge in [-0.3, -0.25) is 14.5 Å². The average molecular weight is 507 g/mol. The number of rotatable bonds is 9. The SMILES string of the molecule is Cc1cccc(CN2C(=O)OC(c3ccc(NC(=O)c4cccs4)cc3)C2C(=O)NCCN(C)C)c1. The number of nitrogens with one attached hydrogen (secondary N) is 2. The monoisotopic (exact) mass is 506 g/mol. The number of hydrogen-bond acceptors (Lipinski definition) is 6. The smallest absolute Gasteiger partial charge is 0.411 e. The maximum Gasteiger partial charge on any atom is 0.411 e. The van der Waals surface area contributed by atoms with Gasteiger partial charge < -0.3 is 20.3 Å². The molecule has 36 heavy (non-hydrogen) atoms. The van der Waals surface area contributed by atoms with E-state index < -0.39 is 18.2 Å². The van der Waals surface area contributed by atoms with E-state index in [1.54, 1.807) is 30.3 Å². The van der Waals surface area contributed by atoms with E-state index in [2.05, 4.69) is 10.6 Å². The number of thiophene rings is 1. The summed E-state index contributed by atoms with van der Waals surface area (Å²) in [6.45, 7) is 3.38. The lowest BCUT2D eigenvalue weighted by Gasteiger charge is -2.24. The molecule has 0 aliphatic carbocycles. The molecule has 3 aromatic rings. The molecule has 0 saturated carbocycles. The first kappa shape index (κ1) is 25.4. The van der Waals surface area contributed by atoms with Crippen molar-refractivity contribution in [3.05, 3.63) is 87.6 Å². The number of carbonyl (C=O) groups excluding carboxylic acids is 3. The molecule has 1 fully saturated rings. The van der Waals surface area contributed by atoms with Gasteiger partial charge in [0.1, 0.15) is 0 Å². The van der Waals surface area contributed by atoms with Gasteiger partial charge in [0.05, 0.1) is 11.4 Å². The van der Waals surface area contributed by atoms with Crippen LogP contribution in [-0.2, 0) is 16.1 Å². The van der Waals surface area contributed by atoms with Gasteiger partial charge in [-0.1, -0.05) is 48.0 Å². The molecule has 1 aliphatic rings. The number of amides is 3. The molecule has 0 spiro atoms. The van der Waals surface area contributed by atoms with Gasteiger partial charge >= 0.3 is 6.09 Å². The van der Waals surface area contributed by atoms with Gasteiger partial charge in [0.2, 0.25) is 5.91 Å². The molecule has 2 atom stereocenters. The molecule has 2 unspecified atom stereocenters. The Balaban J connectivity index is 1.54. The minimum atomic E-state index is -0.827. The Morgan fingerprint density at radius 1 is 1.08 bits per heavy atom. The quantitative estimate of drug-likeness (QED) is 0.457. The molecule has 188 valence electrons. The van der Waals surface area contributed by atoms with Gasteiger partial charge in [-0.15, -0.1) is 11.3 Å².